The van der Waals surface area contributed by atoms with Gasteiger partial charge in [0.1, 0.15) is 6.61 Å². The standard InChI is InChI=1S/C33H42BrNO4/c1-7-13-39-31-22(34)14-20(15-27(31)38-6)28-29-23(16-32(2,3)18-25(29)36)35(21-11-9-8-10-12-21)24-17-33(4,5)19-26(37)30(24)28/h7,14-15,21,28H,1,8-13,16-19H2,2-6H3. The van der Waals surface area contributed by atoms with Gasteiger partial charge in [0.05, 0.1) is 11.6 Å². The molecule has 3 aliphatic carbocycles. The first kappa shape index (κ1) is 28.2. The molecule has 5 rings (SSSR count). The van der Waals surface area contributed by atoms with Gasteiger partial charge in [0.15, 0.2) is 23.1 Å². The van der Waals surface area contributed by atoms with Crippen molar-refractivity contribution < 1.29 is 19.1 Å². The van der Waals surface area contributed by atoms with E-state index < -0.39 is 5.92 Å². The van der Waals surface area contributed by atoms with E-state index in [2.05, 4.69) is 55.1 Å². The Bertz CT molecular complexity index is 1210. The smallest absolute Gasteiger partial charge is 0.175 e. The fourth-order valence-electron chi connectivity index (χ4n) is 7.30. The molecule has 210 valence electrons. The summed E-state index contributed by atoms with van der Waals surface area (Å²) in [6, 6.07) is 4.31. The Morgan fingerprint density at radius 1 is 0.949 bits per heavy atom. The summed E-state index contributed by atoms with van der Waals surface area (Å²) in [6.45, 7) is 12.9. The Morgan fingerprint density at radius 3 is 2.03 bits per heavy atom. The molecule has 1 fully saturated rings. The maximum Gasteiger partial charge on any atom is 0.175 e. The predicted octanol–water partition coefficient (Wildman–Crippen LogP) is 8.04. The van der Waals surface area contributed by atoms with E-state index >= 15 is 0 Å². The molecule has 0 N–H and O–H groups in total. The van der Waals surface area contributed by atoms with Crippen molar-refractivity contribution in [1.29, 1.82) is 0 Å². The molecule has 1 aromatic carbocycles. The number of halogens is 1. The number of hydrogen-bond acceptors (Lipinski definition) is 5. The van der Waals surface area contributed by atoms with Gasteiger partial charge in [-0.15, -0.1) is 0 Å². The minimum absolute atomic E-state index is 0.125. The predicted molar refractivity (Wildman–Crippen MR) is 158 cm³/mol. The van der Waals surface area contributed by atoms with Crippen LogP contribution in [-0.4, -0.2) is 36.2 Å². The fourth-order valence-corrected chi connectivity index (χ4v) is 7.87. The van der Waals surface area contributed by atoms with Gasteiger partial charge >= 0.3 is 0 Å². The normalized spacial score (nSPS) is 23.5. The summed E-state index contributed by atoms with van der Waals surface area (Å²) in [7, 11) is 1.62. The molecule has 1 saturated carbocycles. The van der Waals surface area contributed by atoms with Crippen LogP contribution in [0.25, 0.3) is 0 Å². The second kappa shape index (κ2) is 10.6. The van der Waals surface area contributed by atoms with E-state index in [4.69, 9.17) is 9.47 Å². The summed E-state index contributed by atoms with van der Waals surface area (Å²) < 4.78 is 12.4. The first-order valence-electron chi connectivity index (χ1n) is 14.4. The summed E-state index contributed by atoms with van der Waals surface area (Å²) in [5.41, 5.74) is 4.59. The van der Waals surface area contributed by atoms with Crippen LogP contribution in [0.15, 0.2) is 51.8 Å². The van der Waals surface area contributed by atoms with Crippen molar-refractivity contribution in [3.8, 4) is 11.5 Å². The van der Waals surface area contributed by atoms with Crippen molar-refractivity contribution in [1.82, 2.24) is 4.90 Å². The molecular formula is C33H42BrNO4. The molecule has 39 heavy (non-hydrogen) atoms. The zero-order valence-electron chi connectivity index (χ0n) is 24.1. The first-order valence-corrected chi connectivity index (χ1v) is 15.2. The number of carbonyl (C=O) groups is 2. The summed E-state index contributed by atoms with van der Waals surface area (Å²) in [5, 5.41) is 0. The van der Waals surface area contributed by atoms with Crippen molar-refractivity contribution in [3.05, 3.63) is 57.4 Å². The number of methoxy groups -OCH3 is 1. The third-order valence-corrected chi connectivity index (χ3v) is 9.41. The summed E-state index contributed by atoms with van der Waals surface area (Å²) >= 11 is 3.70. The highest BCUT2D eigenvalue weighted by molar-refractivity contribution is 9.10. The lowest BCUT2D eigenvalue weighted by molar-refractivity contribution is -0.119. The van der Waals surface area contributed by atoms with Crippen LogP contribution in [-0.2, 0) is 9.59 Å². The molecular weight excluding hydrogens is 554 g/mol. The molecule has 0 spiro atoms. The van der Waals surface area contributed by atoms with Gasteiger partial charge in [-0.1, -0.05) is 59.6 Å². The molecule has 5 nitrogen and oxygen atoms in total. The van der Waals surface area contributed by atoms with Crippen LogP contribution in [0.4, 0.5) is 0 Å². The fraction of sp³-hybridized carbons (Fsp3) is 0.576. The van der Waals surface area contributed by atoms with E-state index in [1.165, 1.54) is 19.3 Å². The number of benzene rings is 1. The summed E-state index contributed by atoms with van der Waals surface area (Å²) in [4.78, 5) is 30.7. The highest BCUT2D eigenvalue weighted by Crippen LogP contribution is 2.56. The van der Waals surface area contributed by atoms with Crippen LogP contribution in [0.5, 0.6) is 11.5 Å². The van der Waals surface area contributed by atoms with Gasteiger partial charge < -0.3 is 14.4 Å². The monoisotopic (exact) mass is 595 g/mol. The van der Waals surface area contributed by atoms with Gasteiger partial charge in [0, 0.05) is 47.3 Å². The molecule has 4 aliphatic rings. The maximum absolute atomic E-state index is 14.1. The molecule has 1 heterocycles. The highest BCUT2D eigenvalue weighted by atomic mass is 79.9. The number of rotatable bonds is 6. The van der Waals surface area contributed by atoms with Gasteiger partial charge in [0.25, 0.3) is 0 Å². The third-order valence-electron chi connectivity index (χ3n) is 8.82. The highest BCUT2D eigenvalue weighted by Gasteiger charge is 2.50. The van der Waals surface area contributed by atoms with Crippen molar-refractivity contribution >= 4 is 27.5 Å². The number of carbonyl (C=O) groups excluding carboxylic acids is 2. The number of allylic oxidation sites excluding steroid dienone is 4. The van der Waals surface area contributed by atoms with Gasteiger partial charge in [-0.25, -0.2) is 0 Å². The third kappa shape index (κ3) is 5.26. The van der Waals surface area contributed by atoms with Crippen LogP contribution in [0.3, 0.4) is 0 Å². The minimum atomic E-state index is -0.402. The molecule has 1 aromatic rings. The average Bonchev–Trinajstić information content (AvgIpc) is 2.85. The SMILES string of the molecule is C=CCOc1c(Br)cc(C2C3=C(CC(C)(C)CC3=O)N(C3CCCCC3)C3=C2C(=O)CC(C)(C)C3)cc1OC. The van der Waals surface area contributed by atoms with E-state index in [1.807, 2.05) is 12.1 Å². The van der Waals surface area contributed by atoms with Gasteiger partial charge in [-0.2, -0.15) is 0 Å². The van der Waals surface area contributed by atoms with Crippen LogP contribution in [0.2, 0.25) is 0 Å². The lowest BCUT2D eigenvalue weighted by Crippen LogP contribution is -2.48. The molecule has 6 heteroatoms. The quantitative estimate of drug-likeness (QED) is 0.311. The minimum Gasteiger partial charge on any atom is -0.493 e. The number of Topliss-reactive ketones (excluding diaryl/α,β-unsaturated/α-hetero) is 2. The van der Waals surface area contributed by atoms with Crippen molar-refractivity contribution in [2.75, 3.05) is 13.7 Å². The molecule has 0 saturated heterocycles. The summed E-state index contributed by atoms with van der Waals surface area (Å²) in [6.07, 6.45) is 10.2. The second-order valence-corrected chi connectivity index (χ2v) is 14.2. The van der Waals surface area contributed by atoms with Crippen LogP contribution in [0.1, 0.15) is 97.0 Å². The van der Waals surface area contributed by atoms with Crippen LogP contribution >= 0.6 is 15.9 Å². The van der Waals surface area contributed by atoms with E-state index in [-0.39, 0.29) is 22.4 Å². The number of nitrogens with zero attached hydrogens (tertiary/aromatic N) is 1. The Hall–Kier alpha value is -2.34. The van der Waals surface area contributed by atoms with E-state index in [0.29, 0.717) is 37.0 Å². The molecule has 0 aromatic heterocycles. The molecule has 1 aliphatic heterocycles. The average molecular weight is 597 g/mol. The Morgan fingerprint density at radius 2 is 1.51 bits per heavy atom. The van der Waals surface area contributed by atoms with Gasteiger partial charge in [-0.3, -0.25) is 9.59 Å². The topological polar surface area (TPSA) is 55.8 Å². The van der Waals surface area contributed by atoms with Gasteiger partial charge in [0.2, 0.25) is 0 Å². The second-order valence-electron chi connectivity index (χ2n) is 13.3. The van der Waals surface area contributed by atoms with Crippen molar-refractivity contribution in [2.24, 2.45) is 10.8 Å². The zero-order chi connectivity index (χ0) is 28.1. The van der Waals surface area contributed by atoms with Crippen molar-refractivity contribution in [3.63, 3.8) is 0 Å². The van der Waals surface area contributed by atoms with E-state index in [1.54, 1.807) is 13.2 Å². The zero-order valence-corrected chi connectivity index (χ0v) is 25.7. The Labute approximate surface area is 241 Å². The molecule has 0 radical (unpaired) electrons. The van der Waals surface area contributed by atoms with Crippen LogP contribution < -0.4 is 9.47 Å². The number of hydrogen-bond donors (Lipinski definition) is 0. The lowest BCUT2D eigenvalue weighted by Gasteiger charge is -2.52. The maximum atomic E-state index is 14.1. The van der Waals surface area contributed by atoms with E-state index in [0.717, 1.165) is 58.3 Å². The van der Waals surface area contributed by atoms with Gasteiger partial charge in [-0.05, 0) is 70.1 Å². The Balaban J connectivity index is 1.76. The van der Waals surface area contributed by atoms with Crippen LogP contribution in [0, 0.1) is 10.8 Å². The number of ether oxygens (including phenoxy) is 2. The molecule has 0 unspecified atom stereocenters. The molecule has 0 bridgehead atoms. The lowest BCUT2D eigenvalue weighted by atomic mass is 9.63. The first-order chi connectivity index (χ1) is 18.5. The number of ketones is 2. The van der Waals surface area contributed by atoms with E-state index in [9.17, 15) is 9.59 Å². The molecule has 0 atom stereocenters. The Kier molecular flexibility index (Phi) is 7.64. The molecule has 0 amide bonds. The van der Waals surface area contributed by atoms with Crippen molar-refractivity contribution in [2.45, 2.75) is 97.4 Å². The largest absolute Gasteiger partial charge is 0.493 e. The summed E-state index contributed by atoms with van der Waals surface area (Å²) in [5.74, 6) is 1.10.